The van der Waals surface area contributed by atoms with Crippen molar-refractivity contribution >= 4 is 11.3 Å². The monoisotopic (exact) mass is 262 g/mol. The van der Waals surface area contributed by atoms with E-state index in [0.717, 1.165) is 23.6 Å². The first-order chi connectivity index (χ1) is 9.08. The standard InChI is InChI=1S/C14H22N4O/c1-10(2)12-9-13-14(15-5-7-18(13)17-12)16-6-8-19-11(3)4/h5,7,9-11H,6,8H2,1-4H3,(H,15,16). The molecule has 0 unspecified atom stereocenters. The Morgan fingerprint density at radius 1 is 1.32 bits per heavy atom. The maximum atomic E-state index is 5.51. The summed E-state index contributed by atoms with van der Waals surface area (Å²) in [5.74, 6) is 1.27. The molecule has 0 bridgehead atoms. The number of hydrogen-bond acceptors (Lipinski definition) is 4. The van der Waals surface area contributed by atoms with Gasteiger partial charge in [0, 0.05) is 18.9 Å². The Kier molecular flexibility index (Phi) is 4.37. The van der Waals surface area contributed by atoms with Crippen LogP contribution in [0.4, 0.5) is 5.82 Å². The molecular weight excluding hydrogens is 240 g/mol. The highest BCUT2D eigenvalue weighted by atomic mass is 16.5. The molecule has 0 aliphatic carbocycles. The minimum atomic E-state index is 0.257. The Balaban J connectivity index is 2.10. The van der Waals surface area contributed by atoms with Crippen molar-refractivity contribution in [2.45, 2.75) is 39.7 Å². The van der Waals surface area contributed by atoms with Crippen molar-refractivity contribution in [2.75, 3.05) is 18.5 Å². The van der Waals surface area contributed by atoms with Crippen molar-refractivity contribution in [2.24, 2.45) is 0 Å². The number of anilines is 1. The van der Waals surface area contributed by atoms with Gasteiger partial charge < -0.3 is 10.1 Å². The largest absolute Gasteiger partial charge is 0.377 e. The molecule has 2 heterocycles. The highest BCUT2D eigenvalue weighted by Crippen LogP contribution is 2.19. The molecule has 104 valence electrons. The molecule has 0 spiro atoms. The molecule has 0 fully saturated rings. The van der Waals surface area contributed by atoms with Gasteiger partial charge in [-0.1, -0.05) is 13.8 Å². The van der Waals surface area contributed by atoms with Gasteiger partial charge in [0.2, 0.25) is 0 Å². The van der Waals surface area contributed by atoms with Crippen molar-refractivity contribution in [1.29, 1.82) is 0 Å². The van der Waals surface area contributed by atoms with Crippen LogP contribution in [-0.4, -0.2) is 33.9 Å². The summed E-state index contributed by atoms with van der Waals surface area (Å²) in [5, 5.41) is 7.83. The SMILES string of the molecule is CC(C)OCCNc1nccn2nc(C(C)C)cc12. The molecule has 1 N–H and O–H groups in total. The topological polar surface area (TPSA) is 51.5 Å². The first kappa shape index (κ1) is 13.8. The van der Waals surface area contributed by atoms with E-state index in [2.05, 4.69) is 35.3 Å². The van der Waals surface area contributed by atoms with Crippen molar-refractivity contribution in [1.82, 2.24) is 14.6 Å². The van der Waals surface area contributed by atoms with E-state index in [1.54, 1.807) is 6.20 Å². The molecule has 2 aromatic heterocycles. The smallest absolute Gasteiger partial charge is 0.152 e. The molecule has 0 aliphatic rings. The van der Waals surface area contributed by atoms with Crippen LogP contribution < -0.4 is 5.32 Å². The molecule has 5 heteroatoms. The highest BCUT2D eigenvalue weighted by molar-refractivity contribution is 5.67. The van der Waals surface area contributed by atoms with Gasteiger partial charge in [0.05, 0.1) is 18.4 Å². The minimum absolute atomic E-state index is 0.257. The van der Waals surface area contributed by atoms with E-state index in [0.29, 0.717) is 12.5 Å². The number of ether oxygens (including phenoxy) is 1. The molecule has 0 aliphatic heterocycles. The van der Waals surface area contributed by atoms with Gasteiger partial charge in [0.15, 0.2) is 5.82 Å². The molecule has 0 radical (unpaired) electrons. The molecular formula is C14H22N4O. The van der Waals surface area contributed by atoms with Crippen molar-refractivity contribution in [3.63, 3.8) is 0 Å². The highest BCUT2D eigenvalue weighted by Gasteiger charge is 2.09. The Labute approximate surface area is 114 Å². The molecule has 0 atom stereocenters. The number of nitrogens with one attached hydrogen (secondary N) is 1. The molecule has 19 heavy (non-hydrogen) atoms. The summed E-state index contributed by atoms with van der Waals surface area (Å²) in [6.45, 7) is 9.76. The fraction of sp³-hybridized carbons (Fsp3) is 0.571. The van der Waals surface area contributed by atoms with E-state index < -0.39 is 0 Å². The molecule has 0 aromatic carbocycles. The Morgan fingerprint density at radius 3 is 2.79 bits per heavy atom. The van der Waals surface area contributed by atoms with E-state index >= 15 is 0 Å². The van der Waals surface area contributed by atoms with Gasteiger partial charge in [-0.15, -0.1) is 0 Å². The van der Waals surface area contributed by atoms with Gasteiger partial charge in [0.1, 0.15) is 5.52 Å². The zero-order valence-electron chi connectivity index (χ0n) is 12.1. The molecule has 2 rings (SSSR count). The Morgan fingerprint density at radius 2 is 2.11 bits per heavy atom. The molecule has 0 amide bonds. The van der Waals surface area contributed by atoms with E-state index in [-0.39, 0.29) is 6.10 Å². The van der Waals surface area contributed by atoms with Gasteiger partial charge in [-0.05, 0) is 25.8 Å². The molecule has 0 saturated heterocycles. The average molecular weight is 262 g/mol. The van der Waals surface area contributed by atoms with Gasteiger partial charge in [0.25, 0.3) is 0 Å². The number of fused-ring (bicyclic) bond motifs is 1. The third-order valence-corrected chi connectivity index (χ3v) is 2.85. The fourth-order valence-corrected chi connectivity index (χ4v) is 1.82. The van der Waals surface area contributed by atoms with Crippen LogP contribution in [0.3, 0.4) is 0 Å². The van der Waals surface area contributed by atoms with Crippen LogP contribution in [0.25, 0.3) is 5.52 Å². The summed E-state index contributed by atoms with van der Waals surface area (Å²) in [6.07, 6.45) is 3.89. The minimum Gasteiger partial charge on any atom is -0.377 e. The second kappa shape index (κ2) is 6.02. The van der Waals surface area contributed by atoms with Crippen molar-refractivity contribution in [3.8, 4) is 0 Å². The maximum absolute atomic E-state index is 5.51. The van der Waals surface area contributed by atoms with Crippen molar-refractivity contribution < 1.29 is 4.74 Å². The maximum Gasteiger partial charge on any atom is 0.152 e. The summed E-state index contributed by atoms with van der Waals surface area (Å²) in [6, 6.07) is 2.09. The van der Waals surface area contributed by atoms with Gasteiger partial charge >= 0.3 is 0 Å². The van der Waals surface area contributed by atoms with Crippen LogP contribution in [0.1, 0.15) is 39.3 Å². The van der Waals surface area contributed by atoms with Crippen molar-refractivity contribution in [3.05, 3.63) is 24.2 Å². The zero-order valence-corrected chi connectivity index (χ0v) is 12.1. The molecule has 5 nitrogen and oxygen atoms in total. The summed E-state index contributed by atoms with van der Waals surface area (Å²) in [7, 11) is 0. The second-order valence-electron chi connectivity index (χ2n) is 5.18. The lowest BCUT2D eigenvalue weighted by Gasteiger charge is -2.09. The lowest BCUT2D eigenvalue weighted by Crippen LogP contribution is -2.14. The fourth-order valence-electron chi connectivity index (χ4n) is 1.82. The van der Waals surface area contributed by atoms with E-state index in [1.165, 1.54) is 0 Å². The summed E-state index contributed by atoms with van der Waals surface area (Å²) >= 11 is 0. The number of hydrogen-bond donors (Lipinski definition) is 1. The molecule has 2 aromatic rings. The second-order valence-corrected chi connectivity index (χ2v) is 5.18. The van der Waals surface area contributed by atoms with Crippen LogP contribution in [0.5, 0.6) is 0 Å². The Hall–Kier alpha value is -1.62. The Bertz CT molecular complexity index is 533. The lowest BCUT2D eigenvalue weighted by molar-refractivity contribution is 0.0870. The van der Waals surface area contributed by atoms with E-state index in [9.17, 15) is 0 Å². The first-order valence-corrected chi connectivity index (χ1v) is 6.77. The van der Waals surface area contributed by atoms with Crippen LogP contribution in [-0.2, 0) is 4.74 Å². The third-order valence-electron chi connectivity index (χ3n) is 2.85. The van der Waals surface area contributed by atoms with Crippen LogP contribution >= 0.6 is 0 Å². The number of nitrogens with zero attached hydrogens (tertiary/aromatic N) is 3. The summed E-state index contributed by atoms with van der Waals surface area (Å²) < 4.78 is 7.38. The normalized spacial score (nSPS) is 11.7. The van der Waals surface area contributed by atoms with Crippen LogP contribution in [0.15, 0.2) is 18.5 Å². The zero-order chi connectivity index (χ0) is 13.8. The van der Waals surface area contributed by atoms with Crippen LogP contribution in [0.2, 0.25) is 0 Å². The van der Waals surface area contributed by atoms with Crippen LogP contribution in [0, 0.1) is 0 Å². The molecule has 0 saturated carbocycles. The number of rotatable bonds is 6. The van der Waals surface area contributed by atoms with Gasteiger partial charge in [-0.2, -0.15) is 5.10 Å². The predicted molar refractivity (Wildman–Crippen MR) is 76.7 cm³/mol. The van der Waals surface area contributed by atoms with Gasteiger partial charge in [-0.25, -0.2) is 9.50 Å². The number of aromatic nitrogens is 3. The first-order valence-electron chi connectivity index (χ1n) is 6.77. The van der Waals surface area contributed by atoms with E-state index in [1.807, 2.05) is 24.6 Å². The summed E-state index contributed by atoms with van der Waals surface area (Å²) in [5.41, 5.74) is 2.09. The summed E-state index contributed by atoms with van der Waals surface area (Å²) in [4.78, 5) is 4.37. The van der Waals surface area contributed by atoms with Gasteiger partial charge in [-0.3, -0.25) is 0 Å². The third kappa shape index (κ3) is 3.44. The predicted octanol–water partition coefficient (Wildman–Crippen LogP) is 2.69. The van der Waals surface area contributed by atoms with E-state index in [4.69, 9.17) is 4.74 Å². The quantitative estimate of drug-likeness (QED) is 0.813. The lowest BCUT2D eigenvalue weighted by atomic mass is 10.1. The average Bonchev–Trinajstić information content (AvgIpc) is 2.79.